The lowest BCUT2D eigenvalue weighted by Crippen LogP contribution is -2.18. The van der Waals surface area contributed by atoms with Crippen LogP contribution in [-0.2, 0) is 32.1 Å². The van der Waals surface area contributed by atoms with E-state index < -0.39 is 0 Å². The van der Waals surface area contributed by atoms with Crippen LogP contribution in [0.4, 0.5) is 0 Å². The van der Waals surface area contributed by atoms with Crippen molar-refractivity contribution in [3.8, 4) is 0 Å². The number of unbranched alkanes of at least 4 members (excludes halogenated alkanes) is 18. The van der Waals surface area contributed by atoms with E-state index >= 15 is 0 Å². The van der Waals surface area contributed by atoms with Crippen LogP contribution in [0.2, 0.25) is 0 Å². The fraction of sp³-hybridized carbons (Fsp3) is 0.685. The zero-order valence-corrected chi connectivity index (χ0v) is 38.0. The molecule has 306 valence electrons. The smallest absolute Gasteiger partial charge is 0.0490 e. The fourth-order valence-corrected chi connectivity index (χ4v) is 10.1. The molecule has 0 aromatic heterocycles. The molecule has 1 aliphatic carbocycles. The summed E-state index contributed by atoms with van der Waals surface area (Å²) in [4.78, 5) is 1.22. The van der Waals surface area contributed by atoms with Crippen LogP contribution in [0.15, 0.2) is 35.4 Å². The summed E-state index contributed by atoms with van der Waals surface area (Å²) in [6, 6.07) is 10.8. The third-order valence-electron chi connectivity index (χ3n) is 13.0. The largest absolute Gasteiger partial charge is 0.0791 e. The molecule has 0 saturated carbocycles. The highest BCUT2D eigenvalue weighted by molar-refractivity contribution is 7.81. The van der Waals surface area contributed by atoms with Crippen LogP contribution >= 0.6 is 12.2 Å². The Hall–Kier alpha value is -1.99. The molecule has 0 bridgehead atoms. The van der Waals surface area contributed by atoms with E-state index in [0.29, 0.717) is 0 Å². The molecule has 0 unspecified atom stereocenters. The summed E-state index contributed by atoms with van der Waals surface area (Å²) in [5, 5.41) is 6.06. The molecule has 3 aromatic rings. The average Bonchev–Trinajstić information content (AvgIpc) is 3.19. The molecule has 0 N–H and O–H groups in total. The lowest BCUT2D eigenvalue weighted by molar-refractivity contribution is 0.646. The lowest BCUT2D eigenvalue weighted by Gasteiger charge is -2.29. The van der Waals surface area contributed by atoms with Crippen molar-refractivity contribution in [3.63, 3.8) is 0 Å². The fourth-order valence-electron chi connectivity index (χ4n) is 9.58. The first-order valence-electron chi connectivity index (χ1n) is 24.3. The second-order valence-electron chi connectivity index (χ2n) is 17.6. The maximum Gasteiger partial charge on any atom is 0.0490 e. The van der Waals surface area contributed by atoms with Crippen LogP contribution < -0.4 is 0 Å². The first-order valence-corrected chi connectivity index (χ1v) is 24.7. The molecule has 0 atom stereocenters. The summed E-state index contributed by atoms with van der Waals surface area (Å²) in [7, 11) is 0. The molecule has 0 nitrogen and oxygen atoms in total. The zero-order chi connectivity index (χ0) is 39.3. The van der Waals surface area contributed by atoms with Crippen molar-refractivity contribution in [1.82, 2.24) is 0 Å². The highest BCUT2D eigenvalue weighted by atomic mass is 32.1. The molecule has 0 spiro atoms. The Kier molecular flexibility index (Phi) is 21.7. The van der Waals surface area contributed by atoms with Crippen LogP contribution in [-0.4, -0.2) is 4.86 Å². The van der Waals surface area contributed by atoms with Crippen molar-refractivity contribution < 1.29 is 0 Å². The molecular weight excluding hydrogens is 681 g/mol. The Morgan fingerprint density at radius 2 is 0.691 bits per heavy atom. The predicted molar refractivity (Wildman–Crippen MR) is 253 cm³/mol. The highest BCUT2D eigenvalue weighted by Gasteiger charge is 2.28. The van der Waals surface area contributed by atoms with Crippen molar-refractivity contribution in [2.75, 3.05) is 0 Å². The van der Waals surface area contributed by atoms with E-state index in [1.165, 1.54) is 225 Å². The number of hydrogen-bond donors (Lipinski definition) is 0. The minimum Gasteiger partial charge on any atom is -0.0791 e. The summed E-state index contributed by atoms with van der Waals surface area (Å²) < 4.78 is 0. The minimum absolute atomic E-state index is 1.10. The first-order chi connectivity index (χ1) is 27.0. The van der Waals surface area contributed by atoms with E-state index in [2.05, 4.69) is 65.8 Å². The molecule has 0 saturated heterocycles. The number of hydrogen-bond acceptors (Lipinski definition) is 1. The van der Waals surface area contributed by atoms with Crippen molar-refractivity contribution >= 4 is 38.6 Å². The van der Waals surface area contributed by atoms with Gasteiger partial charge in [-0.1, -0.05) is 199 Å². The van der Waals surface area contributed by atoms with Crippen molar-refractivity contribution in [1.29, 1.82) is 0 Å². The summed E-state index contributed by atoms with van der Waals surface area (Å²) in [5.74, 6) is 0. The predicted octanol–water partition coefficient (Wildman–Crippen LogP) is 18.0. The standard InChI is InChI=1S/C54H84S/c1-7-13-19-25-31-42-37-48-49-39-44(33-27-21-15-9-3)45(34-28-22-16-10-4)40-51(49)53-52(50(48)38-43(42)32-26-20-14-8-2)41-46(35-29-23-17-11-5)47(54(53)55)36-30-24-18-12-6/h37-40H,7-36,41H2,1-6H3. The van der Waals surface area contributed by atoms with Gasteiger partial charge in [-0.2, -0.15) is 0 Å². The zero-order valence-electron chi connectivity index (χ0n) is 37.1. The number of rotatable bonds is 30. The van der Waals surface area contributed by atoms with Gasteiger partial charge in [-0.05, 0) is 138 Å². The van der Waals surface area contributed by atoms with E-state index in [1.807, 2.05) is 0 Å². The molecule has 1 aliphatic rings. The second kappa shape index (κ2) is 26.1. The maximum absolute atomic E-state index is 6.81. The van der Waals surface area contributed by atoms with E-state index in [-0.39, 0.29) is 0 Å². The van der Waals surface area contributed by atoms with Crippen LogP contribution in [0.3, 0.4) is 0 Å². The molecule has 4 rings (SSSR count). The van der Waals surface area contributed by atoms with Crippen molar-refractivity contribution in [3.05, 3.63) is 68.8 Å². The molecule has 0 radical (unpaired) electrons. The van der Waals surface area contributed by atoms with Gasteiger partial charge >= 0.3 is 0 Å². The number of thiocarbonyl (C=S) groups is 1. The van der Waals surface area contributed by atoms with Crippen molar-refractivity contribution in [2.45, 2.75) is 241 Å². The van der Waals surface area contributed by atoms with Gasteiger partial charge in [0.2, 0.25) is 0 Å². The van der Waals surface area contributed by atoms with Gasteiger partial charge in [-0.15, -0.1) is 0 Å². The SMILES string of the molecule is CCCCCCC1=C(CCCCCC)C(=S)c2c(c3cc(CCCCCC)c(CCCCCC)cc3c3cc(CCCCCC)c(CCCCCC)cc23)C1. The highest BCUT2D eigenvalue weighted by Crippen LogP contribution is 2.44. The summed E-state index contributed by atoms with van der Waals surface area (Å²) in [5.41, 5.74) is 12.8. The number of fused-ring (bicyclic) bond motifs is 6. The van der Waals surface area contributed by atoms with Crippen LogP contribution in [0, 0.1) is 0 Å². The molecule has 0 aliphatic heterocycles. The Morgan fingerprint density at radius 1 is 0.364 bits per heavy atom. The summed E-state index contributed by atoms with van der Waals surface area (Å²) in [6.45, 7) is 14.0. The Bertz CT molecular complexity index is 1620. The number of aryl methyl sites for hydroxylation is 4. The maximum atomic E-state index is 6.81. The molecule has 55 heavy (non-hydrogen) atoms. The van der Waals surface area contributed by atoms with Gasteiger partial charge < -0.3 is 0 Å². The Labute approximate surface area is 346 Å². The summed E-state index contributed by atoms with van der Waals surface area (Å²) >= 11 is 6.81. The summed E-state index contributed by atoms with van der Waals surface area (Å²) in [6.07, 6.45) is 40.1. The molecule has 3 aromatic carbocycles. The Morgan fingerprint density at radius 3 is 1.09 bits per heavy atom. The average molecular weight is 765 g/mol. The van der Waals surface area contributed by atoms with Gasteiger partial charge in [0, 0.05) is 10.4 Å². The molecule has 0 fully saturated rings. The second-order valence-corrected chi connectivity index (χ2v) is 18.0. The topological polar surface area (TPSA) is 0 Å². The van der Waals surface area contributed by atoms with Gasteiger partial charge in [-0.3, -0.25) is 0 Å². The number of benzene rings is 3. The molecule has 1 heteroatoms. The lowest BCUT2D eigenvalue weighted by atomic mass is 9.76. The van der Waals surface area contributed by atoms with Gasteiger partial charge in [0.15, 0.2) is 0 Å². The number of allylic oxidation sites excluding steroid dienone is 2. The molecular formula is C54H84S. The third-order valence-corrected chi connectivity index (χ3v) is 13.4. The van der Waals surface area contributed by atoms with Gasteiger partial charge in [0.1, 0.15) is 0 Å². The molecule has 0 amide bonds. The quantitative estimate of drug-likeness (QED) is 0.0370. The normalized spacial score (nSPS) is 13.2. The van der Waals surface area contributed by atoms with E-state index in [1.54, 1.807) is 39.0 Å². The first kappa shape index (κ1) is 45.7. The van der Waals surface area contributed by atoms with Crippen LogP contribution in [0.1, 0.15) is 242 Å². The van der Waals surface area contributed by atoms with Gasteiger partial charge in [0.05, 0.1) is 0 Å². The minimum atomic E-state index is 1.10. The van der Waals surface area contributed by atoms with E-state index in [9.17, 15) is 0 Å². The van der Waals surface area contributed by atoms with Crippen molar-refractivity contribution in [2.24, 2.45) is 0 Å². The third kappa shape index (κ3) is 13.5. The van der Waals surface area contributed by atoms with E-state index in [4.69, 9.17) is 12.2 Å². The van der Waals surface area contributed by atoms with Gasteiger partial charge in [0.25, 0.3) is 0 Å². The monoisotopic (exact) mass is 765 g/mol. The Balaban J connectivity index is 1.97. The van der Waals surface area contributed by atoms with E-state index in [0.717, 1.165) is 6.42 Å². The van der Waals surface area contributed by atoms with Gasteiger partial charge in [-0.25, -0.2) is 0 Å². The van der Waals surface area contributed by atoms with Crippen LogP contribution in [0.5, 0.6) is 0 Å². The molecule has 0 heterocycles. The van der Waals surface area contributed by atoms with Crippen LogP contribution in [0.25, 0.3) is 21.5 Å².